The van der Waals surface area contributed by atoms with E-state index in [1.807, 2.05) is 42.5 Å². The van der Waals surface area contributed by atoms with Crippen molar-refractivity contribution in [3.8, 4) is 22.6 Å². The summed E-state index contributed by atoms with van der Waals surface area (Å²) in [7, 11) is 0. The van der Waals surface area contributed by atoms with E-state index >= 15 is 0 Å². The van der Waals surface area contributed by atoms with E-state index in [1.165, 1.54) is 6.07 Å². The maximum absolute atomic E-state index is 12.3. The molecule has 0 aliphatic heterocycles. The van der Waals surface area contributed by atoms with E-state index in [1.54, 1.807) is 18.7 Å². The van der Waals surface area contributed by atoms with Gasteiger partial charge in [-0.15, -0.1) is 0 Å². The number of hydrogen-bond donors (Lipinski definition) is 1. The molecular formula is C21H13N3O2. The molecule has 26 heavy (non-hydrogen) atoms. The highest BCUT2D eigenvalue weighted by Crippen LogP contribution is 2.33. The van der Waals surface area contributed by atoms with Crippen molar-refractivity contribution in [2.24, 2.45) is 0 Å². The zero-order valence-electron chi connectivity index (χ0n) is 13.6. The summed E-state index contributed by atoms with van der Waals surface area (Å²) in [5.41, 5.74) is 3.87. The quantitative estimate of drug-likeness (QED) is 0.517. The molecule has 5 aromatic rings. The molecule has 0 saturated heterocycles. The number of aromatic nitrogens is 3. The predicted molar refractivity (Wildman–Crippen MR) is 101 cm³/mol. The maximum atomic E-state index is 12.3. The van der Waals surface area contributed by atoms with Gasteiger partial charge in [-0.2, -0.15) is 0 Å². The zero-order chi connectivity index (χ0) is 17.5. The minimum absolute atomic E-state index is 0.0686. The van der Waals surface area contributed by atoms with Crippen LogP contribution in [0.5, 0.6) is 0 Å². The highest BCUT2D eigenvalue weighted by atomic mass is 16.3. The van der Waals surface area contributed by atoms with E-state index < -0.39 is 0 Å². The van der Waals surface area contributed by atoms with Gasteiger partial charge >= 0.3 is 0 Å². The van der Waals surface area contributed by atoms with Crippen LogP contribution in [0.2, 0.25) is 0 Å². The van der Waals surface area contributed by atoms with Crippen LogP contribution >= 0.6 is 0 Å². The first-order chi connectivity index (χ1) is 12.8. The van der Waals surface area contributed by atoms with Crippen molar-refractivity contribution in [1.82, 2.24) is 15.0 Å². The van der Waals surface area contributed by atoms with Crippen LogP contribution < -0.4 is 5.43 Å². The lowest BCUT2D eigenvalue weighted by Gasteiger charge is -2.10. The molecule has 0 bridgehead atoms. The van der Waals surface area contributed by atoms with Crippen LogP contribution in [0.4, 0.5) is 0 Å². The Kier molecular flexibility index (Phi) is 3.18. The third kappa shape index (κ3) is 2.29. The summed E-state index contributed by atoms with van der Waals surface area (Å²) >= 11 is 0. The van der Waals surface area contributed by atoms with E-state index in [4.69, 9.17) is 4.42 Å². The first-order valence-electron chi connectivity index (χ1n) is 8.21. The van der Waals surface area contributed by atoms with Gasteiger partial charge in [0.2, 0.25) is 0 Å². The number of rotatable bonds is 2. The fourth-order valence-electron chi connectivity index (χ4n) is 3.16. The standard InChI is InChI=1S/C21H13N3O2/c25-18-7-9-23-21-16(18)12-15(20(24-21)19-4-2-10-26-19)13-5-6-17-14(11-13)3-1-8-22-17/h1-12H,(H,23,24,25). The van der Waals surface area contributed by atoms with Crippen molar-refractivity contribution < 1.29 is 4.42 Å². The Morgan fingerprint density at radius 2 is 1.96 bits per heavy atom. The van der Waals surface area contributed by atoms with Crippen molar-refractivity contribution in [2.75, 3.05) is 0 Å². The molecule has 1 aromatic carbocycles. The van der Waals surface area contributed by atoms with Crippen molar-refractivity contribution in [3.05, 3.63) is 83.5 Å². The largest absolute Gasteiger partial charge is 0.463 e. The van der Waals surface area contributed by atoms with Gasteiger partial charge in [0, 0.05) is 29.4 Å². The van der Waals surface area contributed by atoms with Crippen LogP contribution in [-0.4, -0.2) is 15.0 Å². The molecule has 4 aromatic heterocycles. The Morgan fingerprint density at radius 3 is 2.85 bits per heavy atom. The van der Waals surface area contributed by atoms with Crippen LogP contribution in [0.3, 0.4) is 0 Å². The van der Waals surface area contributed by atoms with Crippen molar-refractivity contribution in [1.29, 1.82) is 0 Å². The fourth-order valence-corrected chi connectivity index (χ4v) is 3.16. The molecule has 0 atom stereocenters. The second-order valence-electron chi connectivity index (χ2n) is 6.01. The van der Waals surface area contributed by atoms with E-state index in [9.17, 15) is 4.79 Å². The van der Waals surface area contributed by atoms with Crippen molar-refractivity contribution >= 4 is 21.9 Å². The number of nitrogens with one attached hydrogen (secondary N) is 1. The number of hydrogen-bond acceptors (Lipinski definition) is 4. The molecule has 1 N–H and O–H groups in total. The normalized spacial score (nSPS) is 11.2. The molecule has 5 nitrogen and oxygen atoms in total. The Balaban J connectivity index is 1.85. The maximum Gasteiger partial charge on any atom is 0.191 e. The number of benzene rings is 1. The summed E-state index contributed by atoms with van der Waals surface area (Å²) in [5, 5.41) is 1.57. The molecule has 0 fully saturated rings. The average Bonchev–Trinajstić information content (AvgIpc) is 3.22. The Bertz CT molecular complexity index is 1300. The summed E-state index contributed by atoms with van der Waals surface area (Å²) in [4.78, 5) is 24.4. The zero-order valence-corrected chi connectivity index (χ0v) is 13.6. The van der Waals surface area contributed by atoms with Crippen LogP contribution in [0.15, 0.2) is 82.5 Å². The molecule has 0 amide bonds. The van der Waals surface area contributed by atoms with Crippen LogP contribution in [-0.2, 0) is 0 Å². The molecule has 0 radical (unpaired) electrons. The minimum atomic E-state index is -0.0686. The summed E-state index contributed by atoms with van der Waals surface area (Å²) < 4.78 is 5.58. The van der Waals surface area contributed by atoms with E-state index in [0.29, 0.717) is 22.5 Å². The van der Waals surface area contributed by atoms with Gasteiger partial charge in [-0.05, 0) is 42.0 Å². The van der Waals surface area contributed by atoms with Crippen molar-refractivity contribution in [3.63, 3.8) is 0 Å². The van der Waals surface area contributed by atoms with Gasteiger partial charge in [0.25, 0.3) is 0 Å². The second-order valence-corrected chi connectivity index (χ2v) is 6.01. The molecule has 5 rings (SSSR count). The van der Waals surface area contributed by atoms with Crippen LogP contribution in [0.25, 0.3) is 44.5 Å². The number of furan rings is 1. The van der Waals surface area contributed by atoms with Gasteiger partial charge in [0.05, 0.1) is 17.2 Å². The molecule has 0 spiro atoms. The average molecular weight is 339 g/mol. The minimum Gasteiger partial charge on any atom is -0.463 e. The molecule has 124 valence electrons. The van der Waals surface area contributed by atoms with Gasteiger partial charge in [0.15, 0.2) is 11.2 Å². The first-order valence-corrected chi connectivity index (χ1v) is 8.21. The predicted octanol–water partition coefficient (Wildman–Crippen LogP) is 4.40. The highest BCUT2D eigenvalue weighted by Gasteiger charge is 2.15. The van der Waals surface area contributed by atoms with E-state index in [-0.39, 0.29) is 5.43 Å². The summed E-state index contributed by atoms with van der Waals surface area (Å²) in [5.74, 6) is 0.651. The van der Waals surface area contributed by atoms with Crippen LogP contribution in [0, 0.1) is 0 Å². The van der Waals surface area contributed by atoms with Crippen LogP contribution in [0.1, 0.15) is 0 Å². The number of fused-ring (bicyclic) bond motifs is 2. The Hall–Kier alpha value is -3.73. The summed E-state index contributed by atoms with van der Waals surface area (Å²) in [6, 6.07) is 17.0. The Morgan fingerprint density at radius 1 is 1.00 bits per heavy atom. The van der Waals surface area contributed by atoms with Gasteiger partial charge in [0.1, 0.15) is 11.3 Å². The topological polar surface area (TPSA) is 71.8 Å². The molecule has 4 heterocycles. The fraction of sp³-hybridized carbons (Fsp3) is 0. The monoisotopic (exact) mass is 339 g/mol. The number of pyridine rings is 3. The number of H-pyrrole nitrogens is 1. The van der Waals surface area contributed by atoms with E-state index in [0.717, 1.165) is 22.0 Å². The van der Waals surface area contributed by atoms with Gasteiger partial charge in [-0.3, -0.25) is 9.78 Å². The van der Waals surface area contributed by atoms with E-state index in [2.05, 4.69) is 21.0 Å². The molecule has 0 unspecified atom stereocenters. The lowest BCUT2D eigenvalue weighted by atomic mass is 9.99. The summed E-state index contributed by atoms with van der Waals surface area (Å²) in [6.45, 7) is 0. The smallest absolute Gasteiger partial charge is 0.191 e. The SMILES string of the molecule is O=c1cc[nH]c2nc(-c3ccco3)c(-c3ccc4ncccc4c3)cc12. The molecule has 0 aliphatic rings. The van der Waals surface area contributed by atoms with Crippen molar-refractivity contribution in [2.45, 2.75) is 0 Å². The van der Waals surface area contributed by atoms with Gasteiger partial charge < -0.3 is 9.40 Å². The lowest BCUT2D eigenvalue weighted by Crippen LogP contribution is -2.03. The molecular weight excluding hydrogens is 326 g/mol. The third-order valence-electron chi connectivity index (χ3n) is 4.41. The molecule has 0 aliphatic carbocycles. The second kappa shape index (κ2) is 5.67. The third-order valence-corrected chi connectivity index (χ3v) is 4.41. The van der Waals surface area contributed by atoms with Gasteiger partial charge in [-0.1, -0.05) is 12.1 Å². The van der Waals surface area contributed by atoms with Gasteiger partial charge in [-0.25, -0.2) is 4.98 Å². The lowest BCUT2D eigenvalue weighted by molar-refractivity contribution is 0.580. The number of aromatic amines is 1. The summed E-state index contributed by atoms with van der Waals surface area (Å²) in [6.07, 6.45) is 4.99. The number of nitrogens with zero attached hydrogens (tertiary/aromatic N) is 2. The first kappa shape index (κ1) is 14.6. The molecule has 0 saturated carbocycles. The molecule has 5 heteroatoms. The highest BCUT2D eigenvalue weighted by molar-refractivity contribution is 5.92. The Labute approximate surface area is 148 Å².